The molecule has 3 N–H and O–H groups in total. The third-order valence-corrected chi connectivity index (χ3v) is 7.05. The summed E-state index contributed by atoms with van der Waals surface area (Å²) in [6, 6.07) is 9.06. The number of carbonyl (C=O) groups is 2. The van der Waals surface area contributed by atoms with Crippen molar-refractivity contribution in [3.63, 3.8) is 0 Å². The summed E-state index contributed by atoms with van der Waals surface area (Å²) in [5.41, 5.74) is 2.60. The topological polar surface area (TPSA) is 209 Å². The van der Waals surface area contributed by atoms with Gasteiger partial charge in [0, 0.05) is 12.1 Å². The van der Waals surface area contributed by atoms with E-state index in [0.29, 0.717) is 25.5 Å². The summed E-state index contributed by atoms with van der Waals surface area (Å²) in [6.07, 6.45) is 0. The molecule has 0 aliphatic rings. The van der Waals surface area contributed by atoms with Gasteiger partial charge in [-0.1, -0.05) is 18.2 Å². The number of carboxylic acid groups (broad SMARTS) is 2. The molecule has 1 heterocycles. The van der Waals surface area contributed by atoms with E-state index in [-0.39, 0.29) is 17.1 Å². The molecule has 0 saturated carbocycles. The Kier molecular flexibility index (Phi) is 17.1. The van der Waals surface area contributed by atoms with Crippen LogP contribution in [0.3, 0.4) is 0 Å². The first-order valence-corrected chi connectivity index (χ1v) is 11.9. The van der Waals surface area contributed by atoms with E-state index in [9.17, 15) is 24.3 Å². The number of hydrogen-bond acceptors (Lipinski definition) is 8. The fourth-order valence-corrected chi connectivity index (χ4v) is 4.53. The Balaban J connectivity index is 0. The fraction of sp³-hybridized carbons (Fsp3) is 0.316. The summed E-state index contributed by atoms with van der Waals surface area (Å²) in [5.74, 6) is -2.48. The Morgan fingerprint density at radius 2 is 1.25 bits per heavy atom. The van der Waals surface area contributed by atoms with Gasteiger partial charge in [-0.15, -0.1) is 5.69 Å². The molecule has 0 aliphatic carbocycles. The molecular formula is C19H28MoN6O9P-. The van der Waals surface area contributed by atoms with Crippen molar-refractivity contribution in [3.05, 3.63) is 69.4 Å². The van der Waals surface area contributed by atoms with Crippen molar-refractivity contribution < 1.29 is 57.7 Å². The first kappa shape index (κ1) is 35.2. The first-order chi connectivity index (χ1) is 16.7. The summed E-state index contributed by atoms with van der Waals surface area (Å²) in [7, 11) is 8.49. The molecule has 0 atom stereocenters. The van der Waals surface area contributed by atoms with Gasteiger partial charge < -0.3 is 20.9 Å². The summed E-state index contributed by atoms with van der Waals surface area (Å²) in [6.45, 7) is 0. The summed E-state index contributed by atoms with van der Waals surface area (Å²) >= 11 is 0.700. The van der Waals surface area contributed by atoms with E-state index in [4.69, 9.17) is 18.8 Å². The zero-order valence-electron chi connectivity index (χ0n) is 20.4. The number of aromatic nitrogens is 1. The van der Waals surface area contributed by atoms with Crippen molar-refractivity contribution in [3.8, 4) is 0 Å². The predicted molar refractivity (Wildman–Crippen MR) is 125 cm³/mol. The number of rotatable bonds is 7. The number of non-ortho nitro benzene ring substituents is 1. The Morgan fingerprint density at radius 3 is 1.47 bits per heavy atom. The number of nitro benzene ring substituents is 1. The van der Waals surface area contributed by atoms with Gasteiger partial charge in [0.05, 0.1) is 4.92 Å². The van der Waals surface area contributed by atoms with E-state index in [1.54, 1.807) is 14.0 Å². The molecule has 0 aliphatic heterocycles. The molecule has 0 fully saturated rings. The van der Waals surface area contributed by atoms with Crippen LogP contribution in [-0.2, 0) is 27.7 Å². The van der Waals surface area contributed by atoms with E-state index in [2.05, 4.69) is 10.5 Å². The first-order valence-electron chi connectivity index (χ1n) is 9.51. The van der Waals surface area contributed by atoms with Crippen LogP contribution in [0.5, 0.6) is 0 Å². The van der Waals surface area contributed by atoms with Crippen LogP contribution in [0, 0.1) is 10.1 Å². The number of benzene rings is 1. The summed E-state index contributed by atoms with van der Waals surface area (Å²) < 4.78 is 25.6. The van der Waals surface area contributed by atoms with Gasteiger partial charge in [-0.3, -0.25) is 14.7 Å². The Labute approximate surface area is 219 Å². The maximum absolute atomic E-state index is 12.1. The summed E-state index contributed by atoms with van der Waals surface area (Å²) in [5, 5.41) is 35.2. The van der Waals surface area contributed by atoms with Crippen LogP contribution in [0.15, 0.2) is 42.5 Å². The number of carboxylic acids is 2. The van der Waals surface area contributed by atoms with Gasteiger partial charge in [-0.05, 0) is 54.4 Å². The number of nitro groups is 1. The molecule has 0 radical (unpaired) electrons. The van der Waals surface area contributed by atoms with E-state index in [0.717, 1.165) is 0 Å². The van der Waals surface area contributed by atoms with E-state index >= 15 is 0 Å². The number of hydrogen-bond donors (Lipinski definition) is 3. The third-order valence-electron chi connectivity index (χ3n) is 3.93. The van der Waals surface area contributed by atoms with Crippen LogP contribution in [0.25, 0.3) is 5.48 Å². The Bertz CT molecular complexity index is 981. The SMILES string of the molecule is CN(C)P(=O)(N(C)C)N(C)C.O=C(O)c1cccc(C(=O)O)n1.O=[N+]([O-])c1ccc([N-]O)cc1.[O]=[Mo]. The van der Waals surface area contributed by atoms with Gasteiger partial charge >= 0.3 is 35.1 Å². The van der Waals surface area contributed by atoms with E-state index < -0.39 is 24.5 Å². The molecule has 17 heteroatoms. The second-order valence-electron chi connectivity index (χ2n) is 6.95. The van der Waals surface area contributed by atoms with E-state index in [1.165, 1.54) is 42.5 Å². The van der Waals surface area contributed by atoms with Gasteiger partial charge in [0.2, 0.25) is 0 Å². The summed E-state index contributed by atoms with van der Waals surface area (Å²) in [4.78, 5) is 33.6. The zero-order chi connectivity index (χ0) is 28.6. The van der Waals surface area contributed by atoms with Gasteiger partial charge in [0.25, 0.3) is 13.3 Å². The second kappa shape index (κ2) is 17.5. The average Bonchev–Trinajstić information content (AvgIpc) is 2.85. The number of nitrogens with zero attached hydrogens (tertiary/aromatic N) is 6. The van der Waals surface area contributed by atoms with Crippen molar-refractivity contribution >= 4 is 30.9 Å². The monoisotopic (exact) mass is 613 g/mol. The predicted octanol–water partition coefficient (Wildman–Crippen LogP) is 3.13. The maximum atomic E-state index is 12.1. The molecule has 2 aromatic rings. The molecule has 200 valence electrons. The van der Waals surface area contributed by atoms with E-state index in [1.807, 2.05) is 42.3 Å². The van der Waals surface area contributed by atoms with Crippen LogP contribution >= 0.6 is 7.59 Å². The molecule has 0 unspecified atom stereocenters. The zero-order valence-corrected chi connectivity index (χ0v) is 23.3. The quantitative estimate of drug-likeness (QED) is 0.178. The minimum absolute atomic E-state index is 0.0163. The van der Waals surface area contributed by atoms with Crippen LogP contribution in [-0.4, -0.2) is 93.6 Å². The second-order valence-corrected chi connectivity index (χ2v) is 10.4. The van der Waals surface area contributed by atoms with Gasteiger partial charge in [-0.25, -0.2) is 28.6 Å². The molecule has 1 aromatic carbocycles. The van der Waals surface area contributed by atoms with Gasteiger partial charge in [-0.2, -0.15) is 0 Å². The van der Waals surface area contributed by atoms with Crippen molar-refractivity contribution in [2.45, 2.75) is 0 Å². The molecule has 0 bridgehead atoms. The van der Waals surface area contributed by atoms with Crippen molar-refractivity contribution in [1.29, 1.82) is 0 Å². The van der Waals surface area contributed by atoms with Gasteiger partial charge in [0.15, 0.2) is 0 Å². The van der Waals surface area contributed by atoms with Gasteiger partial charge in [0.1, 0.15) is 11.4 Å². The van der Waals surface area contributed by atoms with Crippen LogP contribution in [0.1, 0.15) is 21.0 Å². The Hall–Kier alpha value is -2.93. The fourth-order valence-electron chi connectivity index (χ4n) is 2.39. The number of aromatic carboxylic acids is 2. The molecule has 0 saturated heterocycles. The van der Waals surface area contributed by atoms with Crippen LogP contribution in [0.4, 0.5) is 11.4 Å². The molecule has 0 spiro atoms. The minimum atomic E-state index is -2.44. The van der Waals surface area contributed by atoms with Crippen molar-refractivity contribution in [1.82, 2.24) is 19.0 Å². The third kappa shape index (κ3) is 11.7. The molecule has 0 amide bonds. The molecule has 36 heavy (non-hydrogen) atoms. The molecular weight excluding hydrogens is 583 g/mol. The van der Waals surface area contributed by atoms with Crippen molar-refractivity contribution in [2.24, 2.45) is 0 Å². The molecule has 1 aromatic heterocycles. The molecule has 15 nitrogen and oxygen atoms in total. The van der Waals surface area contributed by atoms with Crippen LogP contribution in [0.2, 0.25) is 0 Å². The average molecular weight is 611 g/mol. The normalized spacial score (nSPS) is 10.2. The Morgan fingerprint density at radius 1 is 0.889 bits per heavy atom. The van der Waals surface area contributed by atoms with Crippen molar-refractivity contribution in [2.75, 3.05) is 42.3 Å². The van der Waals surface area contributed by atoms with Crippen LogP contribution < -0.4 is 0 Å². The number of pyridine rings is 1. The molecule has 2 rings (SSSR count). The standard InChI is InChI=1S/C7H5NO4.C6H18N3OP.C6H5N2O3.Mo.O/c9-6(10)4-2-1-3-5(8-4)7(11)12;1-7(2)11(10,8(3)4)9(5)6;9-7-5-1-3-6(4-2-5)8(10)11;;/h1-3H,(H,9,10)(H,11,12);1-6H3;1-4,9H;;/q;;-1;;.